The number of amides is 1. The van der Waals surface area contributed by atoms with Gasteiger partial charge in [0.2, 0.25) is 5.91 Å². The number of likely N-dealkylation sites (N-methyl/N-ethyl adjacent to an activating group) is 1. The molecule has 0 heterocycles. The first-order valence-electron chi connectivity index (χ1n) is 10.7. The molecule has 0 atom stereocenters. The fraction of sp³-hybridized carbons (Fsp3) is 0.952. The summed E-state index contributed by atoms with van der Waals surface area (Å²) in [7, 11) is 6.44. The summed E-state index contributed by atoms with van der Waals surface area (Å²) in [6.45, 7) is 9.05. The number of ether oxygens (including phenoxy) is 3. The van der Waals surface area contributed by atoms with Gasteiger partial charge in [0, 0.05) is 19.6 Å². The van der Waals surface area contributed by atoms with Crippen LogP contribution in [0, 0.1) is 0 Å². The maximum Gasteiger partial charge on any atom is 0.220 e. The lowest BCUT2D eigenvalue weighted by atomic mass is 10.1. The highest BCUT2D eigenvalue weighted by atomic mass is 16.5. The molecule has 0 aliphatic carbocycles. The summed E-state index contributed by atoms with van der Waals surface area (Å²) < 4.78 is 17.4. The summed E-state index contributed by atoms with van der Waals surface area (Å²) in [5.74, 6) is 0.128. The van der Waals surface area contributed by atoms with Crippen molar-refractivity contribution < 1.29 is 23.5 Å². The highest BCUT2D eigenvalue weighted by Gasteiger charge is 2.05. The molecule has 0 aliphatic heterocycles. The van der Waals surface area contributed by atoms with Gasteiger partial charge in [-0.05, 0) is 26.7 Å². The van der Waals surface area contributed by atoms with Crippen LogP contribution >= 0.6 is 0 Å². The van der Waals surface area contributed by atoms with E-state index in [0.29, 0.717) is 38.9 Å². The van der Waals surface area contributed by atoms with E-state index >= 15 is 0 Å². The standard InChI is InChI=1S/C21H44N2O4/c1-20(2)27-15-11-9-7-6-8-10-12-21(24)22-13-16-25-18-19-26-17-14-23(3,4)5/h20H,6-19H2,1-5H3/p+1. The van der Waals surface area contributed by atoms with Gasteiger partial charge in [0.25, 0.3) is 0 Å². The van der Waals surface area contributed by atoms with E-state index in [2.05, 4.69) is 40.3 Å². The number of nitrogens with one attached hydrogen (secondary N) is 1. The molecule has 0 aromatic rings. The zero-order valence-electron chi connectivity index (χ0n) is 18.6. The molecule has 0 fully saturated rings. The van der Waals surface area contributed by atoms with Gasteiger partial charge in [-0.15, -0.1) is 0 Å². The fourth-order valence-electron chi connectivity index (χ4n) is 2.43. The lowest BCUT2D eigenvalue weighted by Gasteiger charge is -2.23. The average Bonchev–Trinajstić information content (AvgIpc) is 2.57. The molecular formula is C21H45N2O4+. The molecule has 162 valence electrons. The van der Waals surface area contributed by atoms with E-state index in [4.69, 9.17) is 14.2 Å². The molecule has 0 aromatic heterocycles. The molecule has 0 unspecified atom stereocenters. The molecule has 0 rings (SSSR count). The summed E-state index contributed by atoms with van der Waals surface area (Å²) >= 11 is 0. The number of hydrogen-bond acceptors (Lipinski definition) is 4. The largest absolute Gasteiger partial charge is 0.379 e. The lowest BCUT2D eigenvalue weighted by molar-refractivity contribution is -0.870. The van der Waals surface area contributed by atoms with Gasteiger partial charge in [0.15, 0.2) is 0 Å². The van der Waals surface area contributed by atoms with Crippen molar-refractivity contribution in [3.63, 3.8) is 0 Å². The van der Waals surface area contributed by atoms with Crippen molar-refractivity contribution in [2.75, 3.05) is 67.3 Å². The Kier molecular flexibility index (Phi) is 17.0. The SMILES string of the molecule is CC(C)OCCCCCCCCC(=O)NCCOCCOCC[N+](C)(C)C. The number of carbonyl (C=O) groups excluding carboxylic acids is 1. The van der Waals surface area contributed by atoms with Crippen molar-refractivity contribution in [1.82, 2.24) is 5.32 Å². The predicted octanol–water partition coefficient (Wildman–Crippen LogP) is 3.00. The van der Waals surface area contributed by atoms with Crippen molar-refractivity contribution in [3.8, 4) is 0 Å². The van der Waals surface area contributed by atoms with E-state index in [9.17, 15) is 4.79 Å². The number of rotatable bonds is 19. The van der Waals surface area contributed by atoms with Crippen LogP contribution in [0.3, 0.4) is 0 Å². The van der Waals surface area contributed by atoms with E-state index in [0.717, 1.165) is 43.5 Å². The monoisotopic (exact) mass is 389 g/mol. The van der Waals surface area contributed by atoms with Gasteiger partial charge < -0.3 is 24.0 Å². The van der Waals surface area contributed by atoms with E-state index < -0.39 is 0 Å². The second kappa shape index (κ2) is 17.4. The molecule has 1 amide bonds. The molecule has 1 N–H and O–H groups in total. The number of carbonyl (C=O) groups is 1. The summed E-state index contributed by atoms with van der Waals surface area (Å²) in [4.78, 5) is 11.7. The van der Waals surface area contributed by atoms with Crippen LogP contribution in [0.15, 0.2) is 0 Å². The molecule has 0 aliphatic rings. The van der Waals surface area contributed by atoms with E-state index in [1.807, 2.05) is 0 Å². The number of nitrogens with zero attached hydrogens (tertiary/aromatic N) is 1. The highest BCUT2D eigenvalue weighted by Crippen LogP contribution is 2.07. The second-order valence-electron chi connectivity index (χ2n) is 8.38. The number of quaternary nitrogens is 1. The lowest BCUT2D eigenvalue weighted by Crippen LogP contribution is -2.37. The van der Waals surface area contributed by atoms with Crippen LogP contribution in [0.1, 0.15) is 58.8 Å². The van der Waals surface area contributed by atoms with Crippen LogP contribution in [0.4, 0.5) is 0 Å². The van der Waals surface area contributed by atoms with Crippen LogP contribution < -0.4 is 5.32 Å². The molecule has 0 radical (unpaired) electrons. The average molecular weight is 390 g/mol. The molecule has 0 aromatic carbocycles. The van der Waals surface area contributed by atoms with Crippen LogP contribution in [0.25, 0.3) is 0 Å². The molecule has 0 saturated heterocycles. The third-order valence-electron chi connectivity index (χ3n) is 4.10. The van der Waals surface area contributed by atoms with E-state index in [-0.39, 0.29) is 5.91 Å². The van der Waals surface area contributed by atoms with Crippen LogP contribution in [0.2, 0.25) is 0 Å². The zero-order chi connectivity index (χ0) is 20.4. The van der Waals surface area contributed by atoms with Crippen LogP contribution in [-0.4, -0.2) is 83.8 Å². The fourth-order valence-corrected chi connectivity index (χ4v) is 2.43. The quantitative estimate of drug-likeness (QED) is 0.273. The van der Waals surface area contributed by atoms with Gasteiger partial charge in [0.05, 0.1) is 53.7 Å². The Bertz CT molecular complexity index is 344. The van der Waals surface area contributed by atoms with Gasteiger partial charge in [-0.25, -0.2) is 0 Å². The first-order chi connectivity index (χ1) is 12.8. The smallest absolute Gasteiger partial charge is 0.220 e. The minimum absolute atomic E-state index is 0.128. The van der Waals surface area contributed by atoms with Gasteiger partial charge in [-0.1, -0.05) is 25.7 Å². The van der Waals surface area contributed by atoms with Crippen molar-refractivity contribution in [2.45, 2.75) is 64.9 Å². The minimum atomic E-state index is 0.128. The predicted molar refractivity (Wildman–Crippen MR) is 111 cm³/mol. The van der Waals surface area contributed by atoms with Gasteiger partial charge in [-0.3, -0.25) is 4.79 Å². The Morgan fingerprint density at radius 1 is 0.815 bits per heavy atom. The molecule has 6 nitrogen and oxygen atoms in total. The van der Waals surface area contributed by atoms with Crippen LogP contribution in [0.5, 0.6) is 0 Å². The molecule has 27 heavy (non-hydrogen) atoms. The topological polar surface area (TPSA) is 56.8 Å². The first-order valence-corrected chi connectivity index (χ1v) is 10.7. The van der Waals surface area contributed by atoms with Crippen molar-refractivity contribution in [1.29, 1.82) is 0 Å². The van der Waals surface area contributed by atoms with Crippen molar-refractivity contribution in [2.24, 2.45) is 0 Å². The van der Waals surface area contributed by atoms with Gasteiger partial charge in [0.1, 0.15) is 6.54 Å². The molecule has 0 bridgehead atoms. The van der Waals surface area contributed by atoms with Crippen molar-refractivity contribution >= 4 is 5.91 Å². The third-order valence-corrected chi connectivity index (χ3v) is 4.10. The maximum atomic E-state index is 11.7. The normalized spacial score (nSPS) is 11.9. The summed E-state index contributed by atoms with van der Waals surface area (Å²) in [6, 6.07) is 0. The maximum absolute atomic E-state index is 11.7. The third kappa shape index (κ3) is 23.3. The zero-order valence-corrected chi connectivity index (χ0v) is 18.6. The summed E-state index contributed by atoms with van der Waals surface area (Å²) in [6.07, 6.45) is 7.83. The summed E-state index contributed by atoms with van der Waals surface area (Å²) in [5.41, 5.74) is 0. The molecular weight excluding hydrogens is 344 g/mol. The number of unbranched alkanes of at least 4 members (excludes halogenated alkanes) is 5. The number of hydrogen-bond donors (Lipinski definition) is 1. The Balaban J connectivity index is 3.22. The minimum Gasteiger partial charge on any atom is -0.379 e. The van der Waals surface area contributed by atoms with Gasteiger partial charge in [-0.2, -0.15) is 0 Å². The second-order valence-corrected chi connectivity index (χ2v) is 8.38. The highest BCUT2D eigenvalue weighted by molar-refractivity contribution is 5.75. The van der Waals surface area contributed by atoms with E-state index in [1.54, 1.807) is 0 Å². The Morgan fingerprint density at radius 3 is 2.04 bits per heavy atom. The molecule has 0 spiro atoms. The van der Waals surface area contributed by atoms with Gasteiger partial charge >= 0.3 is 0 Å². The first kappa shape index (κ1) is 26.3. The Labute approximate surface area is 167 Å². The van der Waals surface area contributed by atoms with Crippen molar-refractivity contribution in [3.05, 3.63) is 0 Å². The summed E-state index contributed by atoms with van der Waals surface area (Å²) in [5, 5.41) is 2.91. The molecule has 6 heteroatoms. The van der Waals surface area contributed by atoms with E-state index in [1.165, 1.54) is 19.3 Å². The Hall–Kier alpha value is -0.690. The molecule has 0 saturated carbocycles. The van der Waals surface area contributed by atoms with Crippen LogP contribution in [-0.2, 0) is 19.0 Å². The Morgan fingerprint density at radius 2 is 1.41 bits per heavy atom.